The summed E-state index contributed by atoms with van der Waals surface area (Å²) >= 11 is 6.53. The Labute approximate surface area is 255 Å². The molecule has 3 amide bonds. The number of hydrogen-bond donors (Lipinski definition) is 2. The number of nitrogens with one attached hydrogen (secondary N) is 1. The van der Waals surface area contributed by atoms with Gasteiger partial charge in [-0.05, 0) is 43.2 Å². The molecule has 2 aromatic carbocycles. The topological polar surface area (TPSA) is 140 Å². The Hall–Kier alpha value is -4.54. The Bertz CT molecular complexity index is 1630. The molecule has 0 spiro atoms. The van der Waals surface area contributed by atoms with E-state index in [4.69, 9.17) is 11.6 Å². The second-order valence-electron chi connectivity index (χ2n) is 10.6. The van der Waals surface area contributed by atoms with Crippen molar-refractivity contribution in [3.05, 3.63) is 82.9 Å². The minimum absolute atomic E-state index is 0.00837. The van der Waals surface area contributed by atoms with E-state index in [-0.39, 0.29) is 40.8 Å². The third kappa shape index (κ3) is 6.36. The predicted octanol–water partition coefficient (Wildman–Crippen LogP) is 4.08. The van der Waals surface area contributed by atoms with E-state index >= 15 is 0 Å². The molecule has 1 saturated heterocycles. The molecule has 0 radical (unpaired) electrons. The van der Waals surface area contributed by atoms with Gasteiger partial charge in [-0.3, -0.25) is 24.2 Å². The third-order valence-electron chi connectivity index (χ3n) is 7.63. The number of aliphatic hydroxyl groups is 1. The second kappa shape index (κ2) is 12.6. The lowest BCUT2D eigenvalue weighted by Crippen LogP contribution is -2.53. The molecule has 228 valence electrons. The molecule has 2 heterocycles. The van der Waals surface area contributed by atoms with Crippen LogP contribution in [-0.4, -0.2) is 56.9 Å². The molecule has 3 aromatic rings. The van der Waals surface area contributed by atoms with Crippen LogP contribution in [0.5, 0.6) is 0 Å². The van der Waals surface area contributed by atoms with Crippen molar-refractivity contribution in [2.45, 2.75) is 62.3 Å². The molecular formula is C30H26ClF3N6O4. The van der Waals surface area contributed by atoms with Gasteiger partial charge in [-0.2, -0.15) is 5.26 Å². The minimum Gasteiger partial charge on any atom is -0.383 e. The summed E-state index contributed by atoms with van der Waals surface area (Å²) in [6, 6.07) is 10.4. The number of aromatic nitrogens is 2. The number of anilines is 2. The third-order valence-corrected chi connectivity index (χ3v) is 7.98. The minimum atomic E-state index is -2.85. The summed E-state index contributed by atoms with van der Waals surface area (Å²) in [7, 11) is 0. The van der Waals surface area contributed by atoms with E-state index in [1.165, 1.54) is 36.5 Å². The quantitative estimate of drug-likeness (QED) is 0.403. The first-order valence-electron chi connectivity index (χ1n) is 13.7. The Balaban J connectivity index is 1.61. The molecule has 1 aliphatic heterocycles. The Morgan fingerprint density at radius 2 is 1.89 bits per heavy atom. The Morgan fingerprint density at radius 3 is 2.57 bits per heavy atom. The first-order chi connectivity index (χ1) is 21.0. The number of aliphatic hydroxyl groups excluding tert-OH is 1. The molecule has 1 aliphatic carbocycles. The Kier molecular flexibility index (Phi) is 8.85. The highest BCUT2D eigenvalue weighted by Gasteiger charge is 2.49. The number of rotatable bonds is 7. The summed E-state index contributed by atoms with van der Waals surface area (Å²) in [4.78, 5) is 51.5. The van der Waals surface area contributed by atoms with Gasteiger partial charge in [0.1, 0.15) is 35.8 Å². The standard InChI is InChI=1S/C30H26ClF3N6O4/c31-22-7-2-1-6-21(22)25(26(42)37-18-8-11-30(33,34)12-9-18)39(20-5-3-4-17(32)14-20)27(43)23-15-24(41)28(44)40(23)29-36-13-10-19(16-35)38-29/h1-7,10,13-14,18,23-25,41H,8-9,11-12,15H2,(H,37,42)/t23-,24+,25?/m0/s1. The van der Waals surface area contributed by atoms with Crippen molar-refractivity contribution in [1.82, 2.24) is 15.3 Å². The van der Waals surface area contributed by atoms with Crippen molar-refractivity contribution in [3.63, 3.8) is 0 Å². The van der Waals surface area contributed by atoms with Crippen molar-refractivity contribution in [3.8, 4) is 6.07 Å². The second-order valence-corrected chi connectivity index (χ2v) is 11.0. The SMILES string of the molecule is N#Cc1ccnc(N2C(=O)[C@H](O)C[C@H]2C(=O)N(c2cccc(F)c2)C(C(=O)NC2CCC(F)(F)CC2)c2ccccc2Cl)n1. The van der Waals surface area contributed by atoms with Crippen LogP contribution >= 0.6 is 11.6 Å². The van der Waals surface area contributed by atoms with Gasteiger partial charge in [-0.15, -0.1) is 0 Å². The smallest absolute Gasteiger partial charge is 0.259 e. The maximum absolute atomic E-state index is 14.6. The highest BCUT2D eigenvalue weighted by Crippen LogP contribution is 2.37. The van der Waals surface area contributed by atoms with Crippen LogP contribution in [0.2, 0.25) is 5.02 Å². The van der Waals surface area contributed by atoms with Crippen LogP contribution in [0.4, 0.5) is 24.8 Å². The van der Waals surface area contributed by atoms with Gasteiger partial charge in [-0.25, -0.2) is 23.1 Å². The molecule has 1 saturated carbocycles. The lowest BCUT2D eigenvalue weighted by atomic mass is 9.91. The average molecular weight is 627 g/mol. The summed E-state index contributed by atoms with van der Waals surface area (Å²) in [6.07, 6.45) is -1.75. The Morgan fingerprint density at radius 1 is 1.16 bits per heavy atom. The van der Waals surface area contributed by atoms with Gasteiger partial charge in [0.2, 0.25) is 17.8 Å². The van der Waals surface area contributed by atoms with E-state index in [1.807, 2.05) is 6.07 Å². The molecule has 10 nitrogen and oxygen atoms in total. The number of nitrogens with zero attached hydrogens (tertiary/aromatic N) is 5. The molecular weight excluding hydrogens is 601 g/mol. The summed E-state index contributed by atoms with van der Waals surface area (Å²) in [5, 5.41) is 22.7. The van der Waals surface area contributed by atoms with Crippen LogP contribution in [0.1, 0.15) is 49.4 Å². The molecule has 5 rings (SSSR count). The van der Waals surface area contributed by atoms with Crippen molar-refractivity contribution in [2.24, 2.45) is 0 Å². The first-order valence-corrected chi connectivity index (χ1v) is 14.1. The zero-order valence-electron chi connectivity index (χ0n) is 23.0. The van der Waals surface area contributed by atoms with E-state index in [9.17, 15) is 37.9 Å². The van der Waals surface area contributed by atoms with Crippen molar-refractivity contribution >= 4 is 41.0 Å². The number of nitriles is 1. The molecule has 0 bridgehead atoms. The van der Waals surface area contributed by atoms with Crippen LogP contribution in [0.25, 0.3) is 0 Å². The molecule has 14 heteroatoms. The van der Waals surface area contributed by atoms with E-state index < -0.39 is 73.0 Å². The van der Waals surface area contributed by atoms with Gasteiger partial charge >= 0.3 is 0 Å². The van der Waals surface area contributed by atoms with Gasteiger partial charge in [0.15, 0.2) is 0 Å². The lowest BCUT2D eigenvalue weighted by molar-refractivity contribution is -0.128. The number of amides is 3. The van der Waals surface area contributed by atoms with Gasteiger partial charge in [0, 0.05) is 47.8 Å². The molecule has 2 N–H and O–H groups in total. The van der Waals surface area contributed by atoms with Crippen LogP contribution in [-0.2, 0) is 14.4 Å². The zero-order chi connectivity index (χ0) is 31.6. The number of carbonyl (C=O) groups excluding carboxylic acids is 3. The van der Waals surface area contributed by atoms with Gasteiger partial charge in [0.05, 0.1) is 0 Å². The van der Waals surface area contributed by atoms with Crippen molar-refractivity contribution in [1.29, 1.82) is 5.26 Å². The van der Waals surface area contributed by atoms with Gasteiger partial charge < -0.3 is 10.4 Å². The van der Waals surface area contributed by atoms with Gasteiger partial charge in [0.25, 0.3) is 11.8 Å². The first kappa shape index (κ1) is 30.9. The highest BCUT2D eigenvalue weighted by molar-refractivity contribution is 6.31. The van der Waals surface area contributed by atoms with Crippen LogP contribution in [0, 0.1) is 17.1 Å². The largest absolute Gasteiger partial charge is 0.383 e. The predicted molar refractivity (Wildman–Crippen MR) is 152 cm³/mol. The average Bonchev–Trinajstić information content (AvgIpc) is 3.30. The fourth-order valence-corrected chi connectivity index (χ4v) is 5.70. The normalized spacial score (nSPS) is 20.5. The van der Waals surface area contributed by atoms with E-state index in [0.29, 0.717) is 0 Å². The molecule has 1 unspecified atom stereocenters. The van der Waals surface area contributed by atoms with Crippen LogP contribution in [0.15, 0.2) is 60.8 Å². The van der Waals surface area contributed by atoms with E-state index in [2.05, 4.69) is 15.3 Å². The summed E-state index contributed by atoms with van der Waals surface area (Å²) < 4.78 is 42.3. The molecule has 1 aromatic heterocycles. The summed E-state index contributed by atoms with van der Waals surface area (Å²) in [5.41, 5.74) is -0.0425. The number of benzene rings is 2. The van der Waals surface area contributed by atoms with Crippen molar-refractivity contribution in [2.75, 3.05) is 9.80 Å². The van der Waals surface area contributed by atoms with E-state index in [1.54, 1.807) is 12.1 Å². The van der Waals surface area contributed by atoms with Crippen molar-refractivity contribution < 1.29 is 32.7 Å². The molecule has 3 atom stereocenters. The zero-order valence-corrected chi connectivity index (χ0v) is 23.8. The summed E-state index contributed by atoms with van der Waals surface area (Å²) in [6.45, 7) is 0. The van der Waals surface area contributed by atoms with Gasteiger partial charge in [-0.1, -0.05) is 35.9 Å². The fourth-order valence-electron chi connectivity index (χ4n) is 5.46. The maximum atomic E-state index is 14.6. The maximum Gasteiger partial charge on any atom is 0.259 e. The number of carbonyl (C=O) groups is 3. The number of halogens is 4. The highest BCUT2D eigenvalue weighted by atomic mass is 35.5. The molecule has 44 heavy (non-hydrogen) atoms. The molecule has 2 fully saturated rings. The number of hydrogen-bond acceptors (Lipinski definition) is 7. The monoisotopic (exact) mass is 626 g/mol. The lowest BCUT2D eigenvalue weighted by Gasteiger charge is -2.36. The fraction of sp³-hybridized carbons (Fsp3) is 0.333. The van der Waals surface area contributed by atoms with E-state index in [0.717, 1.165) is 21.9 Å². The van der Waals surface area contributed by atoms with Crippen LogP contribution in [0.3, 0.4) is 0 Å². The van der Waals surface area contributed by atoms with Crippen LogP contribution < -0.4 is 15.1 Å². The number of alkyl halides is 2. The molecule has 2 aliphatic rings. The summed E-state index contributed by atoms with van der Waals surface area (Å²) in [5.74, 6) is -6.52.